The number of esters is 1. The highest BCUT2D eigenvalue weighted by Gasteiger charge is 2.27. The number of carbonyl (C=O) groups excluding carboxylic acids is 3. The van der Waals surface area contributed by atoms with Crippen LogP contribution in [-0.4, -0.2) is 32.0 Å². The molecule has 166 valence electrons. The molecule has 0 aliphatic rings. The van der Waals surface area contributed by atoms with E-state index in [4.69, 9.17) is 32.7 Å². The highest BCUT2D eigenvalue weighted by molar-refractivity contribution is 7.19. The quantitative estimate of drug-likeness (QED) is 0.432. The number of rotatable bonds is 6. The van der Waals surface area contributed by atoms with E-state index >= 15 is 0 Å². The Bertz CT molecular complexity index is 1190. The molecular formula is C22H18Cl2N2O5S. The molecule has 0 atom stereocenters. The van der Waals surface area contributed by atoms with Crippen LogP contribution in [0, 0.1) is 6.92 Å². The summed E-state index contributed by atoms with van der Waals surface area (Å²) in [5.41, 5.74) is 1.19. The Balaban J connectivity index is 1.92. The van der Waals surface area contributed by atoms with Crippen molar-refractivity contribution in [2.24, 2.45) is 0 Å². The fraction of sp³-hybridized carbons (Fsp3) is 0.136. The van der Waals surface area contributed by atoms with Gasteiger partial charge in [0.1, 0.15) is 10.8 Å². The van der Waals surface area contributed by atoms with Crippen LogP contribution in [0.15, 0.2) is 42.5 Å². The second-order valence-corrected chi connectivity index (χ2v) is 8.38. The van der Waals surface area contributed by atoms with Crippen LogP contribution < -0.4 is 15.4 Å². The van der Waals surface area contributed by atoms with Gasteiger partial charge in [0.2, 0.25) is 0 Å². The zero-order valence-corrected chi connectivity index (χ0v) is 19.6. The highest BCUT2D eigenvalue weighted by atomic mass is 35.5. The van der Waals surface area contributed by atoms with Gasteiger partial charge < -0.3 is 20.1 Å². The molecule has 0 spiro atoms. The summed E-state index contributed by atoms with van der Waals surface area (Å²) in [6, 6.07) is 11.2. The van der Waals surface area contributed by atoms with Crippen molar-refractivity contribution >= 4 is 63.0 Å². The Morgan fingerprint density at radius 3 is 2.22 bits per heavy atom. The first-order valence-electron chi connectivity index (χ1n) is 9.18. The van der Waals surface area contributed by atoms with Crippen molar-refractivity contribution in [3.8, 4) is 5.75 Å². The van der Waals surface area contributed by atoms with Crippen LogP contribution in [0.1, 0.15) is 36.0 Å². The number of amides is 2. The molecule has 1 heterocycles. The molecule has 0 fully saturated rings. The van der Waals surface area contributed by atoms with Crippen LogP contribution in [0.2, 0.25) is 10.0 Å². The number of thiophene rings is 1. The van der Waals surface area contributed by atoms with Crippen molar-refractivity contribution in [1.82, 2.24) is 0 Å². The summed E-state index contributed by atoms with van der Waals surface area (Å²) in [4.78, 5) is 38.3. The Hall–Kier alpha value is -3.07. The van der Waals surface area contributed by atoms with Crippen LogP contribution in [0.25, 0.3) is 0 Å². The molecule has 0 bridgehead atoms. The molecule has 7 nitrogen and oxygen atoms in total. The van der Waals surface area contributed by atoms with Gasteiger partial charge in [-0.3, -0.25) is 9.59 Å². The molecule has 0 radical (unpaired) electrons. The Morgan fingerprint density at radius 1 is 0.938 bits per heavy atom. The number of anilines is 2. The predicted molar refractivity (Wildman–Crippen MR) is 126 cm³/mol. The minimum Gasteiger partial charge on any atom is -0.497 e. The molecule has 32 heavy (non-hydrogen) atoms. The second kappa shape index (κ2) is 10.0. The van der Waals surface area contributed by atoms with E-state index in [-0.39, 0.29) is 26.0 Å². The monoisotopic (exact) mass is 492 g/mol. The lowest BCUT2D eigenvalue weighted by molar-refractivity contribution is 0.0601. The number of nitrogens with one attached hydrogen (secondary N) is 2. The fourth-order valence-corrected chi connectivity index (χ4v) is 4.45. The molecule has 0 saturated carbocycles. The van der Waals surface area contributed by atoms with E-state index in [0.717, 1.165) is 11.3 Å². The maximum Gasteiger partial charge on any atom is 0.341 e. The molecule has 0 aliphatic heterocycles. The van der Waals surface area contributed by atoms with Gasteiger partial charge in [-0.15, -0.1) is 11.3 Å². The van der Waals surface area contributed by atoms with Crippen LogP contribution in [0.4, 0.5) is 10.7 Å². The third-order valence-electron chi connectivity index (χ3n) is 4.49. The number of methoxy groups -OCH3 is 2. The van der Waals surface area contributed by atoms with E-state index in [1.807, 2.05) is 0 Å². The molecule has 10 heteroatoms. The Kier molecular flexibility index (Phi) is 7.40. The SMILES string of the molecule is COC(=O)c1c(NC(=O)c2ccc(Cl)cc2Cl)sc(C(=O)Nc2ccc(OC)cc2)c1C. The average Bonchev–Trinajstić information content (AvgIpc) is 3.09. The lowest BCUT2D eigenvalue weighted by Crippen LogP contribution is -2.15. The van der Waals surface area contributed by atoms with E-state index in [1.54, 1.807) is 38.3 Å². The van der Waals surface area contributed by atoms with Gasteiger partial charge in [0.25, 0.3) is 11.8 Å². The molecule has 2 aromatic carbocycles. The van der Waals surface area contributed by atoms with Gasteiger partial charge in [-0.1, -0.05) is 23.2 Å². The molecule has 2 N–H and O–H groups in total. The molecule has 2 amide bonds. The fourth-order valence-electron chi connectivity index (χ4n) is 2.87. The second-order valence-electron chi connectivity index (χ2n) is 6.51. The van der Waals surface area contributed by atoms with Gasteiger partial charge >= 0.3 is 5.97 Å². The maximum atomic E-state index is 12.9. The lowest BCUT2D eigenvalue weighted by atomic mass is 10.1. The third-order valence-corrected chi connectivity index (χ3v) is 6.25. The van der Waals surface area contributed by atoms with Crippen LogP contribution >= 0.6 is 34.5 Å². The zero-order chi connectivity index (χ0) is 23.4. The van der Waals surface area contributed by atoms with Crippen molar-refractivity contribution in [2.45, 2.75) is 6.92 Å². The van der Waals surface area contributed by atoms with Crippen LogP contribution in [0.5, 0.6) is 5.75 Å². The number of ether oxygens (including phenoxy) is 2. The minimum absolute atomic E-state index is 0.0933. The van der Waals surface area contributed by atoms with Gasteiger partial charge in [-0.05, 0) is 55.0 Å². The minimum atomic E-state index is -0.681. The van der Waals surface area contributed by atoms with Crippen molar-refractivity contribution in [3.63, 3.8) is 0 Å². The molecule has 0 saturated heterocycles. The standard InChI is InChI=1S/C22H18Cl2N2O5S/c1-11-17(22(29)31-3)21(26-19(27)15-9-4-12(23)10-16(15)24)32-18(11)20(28)25-13-5-7-14(30-2)8-6-13/h4-10H,1-3H3,(H,25,28)(H,26,27). The topological polar surface area (TPSA) is 93.7 Å². The number of halogens is 2. The van der Waals surface area contributed by atoms with Crippen molar-refractivity contribution in [1.29, 1.82) is 0 Å². The van der Waals surface area contributed by atoms with Crippen molar-refractivity contribution in [3.05, 3.63) is 74.1 Å². The molecule has 3 rings (SSSR count). The van der Waals surface area contributed by atoms with Crippen molar-refractivity contribution in [2.75, 3.05) is 24.9 Å². The first-order chi connectivity index (χ1) is 15.2. The first kappa shape index (κ1) is 23.6. The predicted octanol–water partition coefficient (Wildman–Crippen LogP) is 5.66. The molecular weight excluding hydrogens is 475 g/mol. The third kappa shape index (κ3) is 5.04. The van der Waals surface area contributed by atoms with E-state index in [9.17, 15) is 14.4 Å². The number of carbonyl (C=O) groups is 3. The van der Waals surface area contributed by atoms with Crippen molar-refractivity contribution < 1.29 is 23.9 Å². The molecule has 0 unspecified atom stereocenters. The summed E-state index contributed by atoms with van der Waals surface area (Å²) in [7, 11) is 2.77. The van der Waals surface area contributed by atoms with E-state index in [0.29, 0.717) is 22.0 Å². The van der Waals surface area contributed by atoms with Gasteiger partial charge in [0.05, 0.1) is 35.2 Å². The molecule has 3 aromatic rings. The number of hydrogen-bond acceptors (Lipinski definition) is 6. The summed E-state index contributed by atoms with van der Waals surface area (Å²) < 4.78 is 9.95. The van der Waals surface area contributed by atoms with Crippen LogP contribution in [0.3, 0.4) is 0 Å². The average molecular weight is 493 g/mol. The summed E-state index contributed by atoms with van der Waals surface area (Å²) in [6.45, 7) is 1.61. The summed E-state index contributed by atoms with van der Waals surface area (Å²) in [5, 5.41) is 6.12. The normalized spacial score (nSPS) is 10.4. The number of benzene rings is 2. The Labute approximate surface area is 198 Å². The van der Waals surface area contributed by atoms with Gasteiger partial charge in [0.15, 0.2) is 0 Å². The van der Waals surface area contributed by atoms with Gasteiger partial charge in [-0.2, -0.15) is 0 Å². The summed E-state index contributed by atoms with van der Waals surface area (Å²) in [6.07, 6.45) is 0. The molecule has 1 aromatic heterocycles. The summed E-state index contributed by atoms with van der Waals surface area (Å²) in [5.74, 6) is -1.03. The van der Waals surface area contributed by atoms with Gasteiger partial charge in [-0.25, -0.2) is 4.79 Å². The smallest absolute Gasteiger partial charge is 0.341 e. The van der Waals surface area contributed by atoms with Crippen LogP contribution in [-0.2, 0) is 4.74 Å². The maximum absolute atomic E-state index is 12.9. The number of hydrogen-bond donors (Lipinski definition) is 2. The lowest BCUT2D eigenvalue weighted by Gasteiger charge is -2.07. The van der Waals surface area contributed by atoms with E-state index in [2.05, 4.69) is 10.6 Å². The van der Waals surface area contributed by atoms with E-state index < -0.39 is 17.8 Å². The Morgan fingerprint density at radius 2 is 1.62 bits per heavy atom. The zero-order valence-electron chi connectivity index (χ0n) is 17.2. The van der Waals surface area contributed by atoms with Gasteiger partial charge in [0, 0.05) is 10.7 Å². The first-order valence-corrected chi connectivity index (χ1v) is 10.8. The highest BCUT2D eigenvalue weighted by Crippen LogP contribution is 2.35. The molecule has 0 aliphatic carbocycles. The largest absolute Gasteiger partial charge is 0.497 e. The van der Waals surface area contributed by atoms with E-state index in [1.165, 1.54) is 25.3 Å². The summed E-state index contributed by atoms with van der Waals surface area (Å²) >= 11 is 13.0.